The van der Waals surface area contributed by atoms with Gasteiger partial charge in [0.05, 0.1) is 0 Å². The third kappa shape index (κ3) is 3.48. The number of benzene rings is 2. The van der Waals surface area contributed by atoms with Crippen molar-refractivity contribution < 1.29 is 9.32 Å². The lowest BCUT2D eigenvalue weighted by Crippen LogP contribution is -2.34. The fraction of sp³-hybridized carbons (Fsp3) is 0.211. The summed E-state index contributed by atoms with van der Waals surface area (Å²) in [5, 5.41) is 6.99. The molecule has 132 valence electrons. The Hall–Kier alpha value is -2.67. The Balaban J connectivity index is 1.50. The zero-order chi connectivity index (χ0) is 17.9. The van der Waals surface area contributed by atoms with E-state index < -0.39 is 0 Å². The molecule has 7 heteroatoms. The standard InChI is InChI=1S/C19H17BrN4O2/c20-14-8-10-15(11-9-14)21-19(25)24-12-4-7-16(24)18-22-17(23-26-18)13-5-2-1-3-6-13/h1-3,5-6,8-11,16H,4,7,12H2,(H,21,25)/t16-/m0/s1. The highest BCUT2D eigenvalue weighted by Crippen LogP contribution is 2.32. The lowest BCUT2D eigenvalue weighted by Gasteiger charge is -2.22. The van der Waals surface area contributed by atoms with Crippen LogP contribution >= 0.6 is 15.9 Å². The Labute approximate surface area is 159 Å². The molecule has 2 aromatic carbocycles. The smallest absolute Gasteiger partial charge is 0.322 e. The average Bonchev–Trinajstić information content (AvgIpc) is 3.33. The summed E-state index contributed by atoms with van der Waals surface area (Å²) in [6, 6.07) is 16.8. The molecule has 6 nitrogen and oxygen atoms in total. The van der Waals surface area contributed by atoms with Crippen LogP contribution in [0.15, 0.2) is 63.6 Å². The molecule has 0 bridgehead atoms. The number of amides is 2. The largest absolute Gasteiger partial charge is 0.337 e. The van der Waals surface area contributed by atoms with Gasteiger partial charge in [-0.15, -0.1) is 0 Å². The summed E-state index contributed by atoms with van der Waals surface area (Å²) in [5.41, 5.74) is 1.64. The minimum Gasteiger partial charge on any atom is -0.337 e. The number of hydrogen-bond donors (Lipinski definition) is 1. The predicted molar refractivity (Wildman–Crippen MR) is 102 cm³/mol. The number of halogens is 1. The van der Waals surface area contributed by atoms with Gasteiger partial charge in [-0.25, -0.2) is 4.79 Å². The van der Waals surface area contributed by atoms with Gasteiger partial charge in [-0.1, -0.05) is 51.4 Å². The number of nitrogens with one attached hydrogen (secondary N) is 1. The Kier molecular flexibility index (Phi) is 4.71. The van der Waals surface area contributed by atoms with Crippen molar-refractivity contribution in [1.82, 2.24) is 15.0 Å². The van der Waals surface area contributed by atoms with Gasteiger partial charge >= 0.3 is 6.03 Å². The molecule has 0 unspecified atom stereocenters. The van der Waals surface area contributed by atoms with Crippen LogP contribution in [-0.4, -0.2) is 27.6 Å². The number of nitrogens with zero attached hydrogens (tertiary/aromatic N) is 3. The van der Waals surface area contributed by atoms with E-state index in [0.29, 0.717) is 18.3 Å². The van der Waals surface area contributed by atoms with Crippen molar-refractivity contribution in [2.75, 3.05) is 11.9 Å². The molecular formula is C19H17BrN4O2. The maximum Gasteiger partial charge on any atom is 0.322 e. The van der Waals surface area contributed by atoms with Crippen LogP contribution in [0.25, 0.3) is 11.4 Å². The molecule has 1 atom stereocenters. The Morgan fingerprint density at radius 2 is 1.92 bits per heavy atom. The van der Waals surface area contributed by atoms with Crippen molar-refractivity contribution >= 4 is 27.6 Å². The van der Waals surface area contributed by atoms with Gasteiger partial charge < -0.3 is 14.7 Å². The van der Waals surface area contributed by atoms with Gasteiger partial charge in [-0.05, 0) is 37.1 Å². The molecule has 26 heavy (non-hydrogen) atoms. The van der Waals surface area contributed by atoms with Crippen LogP contribution in [0.4, 0.5) is 10.5 Å². The molecule has 1 N–H and O–H groups in total. The Morgan fingerprint density at radius 3 is 2.69 bits per heavy atom. The van der Waals surface area contributed by atoms with E-state index in [4.69, 9.17) is 4.52 Å². The van der Waals surface area contributed by atoms with Crippen LogP contribution < -0.4 is 5.32 Å². The summed E-state index contributed by atoms with van der Waals surface area (Å²) in [4.78, 5) is 18.9. The van der Waals surface area contributed by atoms with Crippen LogP contribution in [-0.2, 0) is 0 Å². The molecule has 2 heterocycles. The lowest BCUT2D eigenvalue weighted by atomic mass is 10.2. The fourth-order valence-electron chi connectivity index (χ4n) is 3.07. The molecule has 1 aliphatic heterocycles. The van der Waals surface area contributed by atoms with Crippen LogP contribution in [0.1, 0.15) is 24.8 Å². The van der Waals surface area contributed by atoms with Gasteiger partial charge in [0.2, 0.25) is 11.7 Å². The van der Waals surface area contributed by atoms with Gasteiger partial charge in [0, 0.05) is 22.3 Å². The van der Waals surface area contributed by atoms with Gasteiger partial charge in [0.25, 0.3) is 0 Å². The van der Waals surface area contributed by atoms with E-state index in [9.17, 15) is 4.79 Å². The summed E-state index contributed by atoms with van der Waals surface area (Å²) in [5.74, 6) is 1.02. The number of urea groups is 1. The zero-order valence-corrected chi connectivity index (χ0v) is 15.5. The van der Waals surface area contributed by atoms with Crippen molar-refractivity contribution in [1.29, 1.82) is 0 Å². The summed E-state index contributed by atoms with van der Waals surface area (Å²) in [6.07, 6.45) is 1.71. The van der Waals surface area contributed by atoms with E-state index in [1.807, 2.05) is 54.6 Å². The summed E-state index contributed by atoms with van der Waals surface area (Å²) in [6.45, 7) is 0.663. The molecule has 1 aliphatic rings. The van der Waals surface area contributed by atoms with E-state index in [-0.39, 0.29) is 12.1 Å². The first kappa shape index (κ1) is 16.8. The van der Waals surface area contributed by atoms with E-state index in [2.05, 4.69) is 31.4 Å². The van der Waals surface area contributed by atoms with Gasteiger partial charge in [0.1, 0.15) is 6.04 Å². The van der Waals surface area contributed by atoms with Crippen molar-refractivity contribution in [3.05, 3.63) is 65.0 Å². The SMILES string of the molecule is O=C(Nc1ccc(Br)cc1)N1CCC[C@H]1c1nc(-c2ccccc2)no1. The molecule has 0 radical (unpaired) electrons. The van der Waals surface area contributed by atoms with E-state index in [1.54, 1.807) is 4.90 Å². The summed E-state index contributed by atoms with van der Waals surface area (Å²) < 4.78 is 6.43. The molecule has 1 fully saturated rings. The van der Waals surface area contributed by atoms with E-state index in [0.717, 1.165) is 28.6 Å². The fourth-order valence-corrected chi connectivity index (χ4v) is 3.33. The highest BCUT2D eigenvalue weighted by atomic mass is 79.9. The molecule has 1 aromatic heterocycles. The van der Waals surface area contributed by atoms with Crippen molar-refractivity contribution in [3.63, 3.8) is 0 Å². The highest BCUT2D eigenvalue weighted by Gasteiger charge is 2.34. The number of aromatic nitrogens is 2. The first-order valence-electron chi connectivity index (χ1n) is 8.43. The summed E-state index contributed by atoms with van der Waals surface area (Å²) in [7, 11) is 0. The first-order chi connectivity index (χ1) is 12.7. The van der Waals surface area contributed by atoms with Crippen molar-refractivity contribution in [2.45, 2.75) is 18.9 Å². The lowest BCUT2D eigenvalue weighted by molar-refractivity contribution is 0.193. The van der Waals surface area contributed by atoms with Gasteiger partial charge in [-0.3, -0.25) is 0 Å². The Morgan fingerprint density at radius 1 is 1.15 bits per heavy atom. The maximum absolute atomic E-state index is 12.7. The molecule has 1 saturated heterocycles. The van der Waals surface area contributed by atoms with E-state index >= 15 is 0 Å². The zero-order valence-electron chi connectivity index (χ0n) is 13.9. The molecule has 0 saturated carbocycles. The van der Waals surface area contributed by atoms with E-state index in [1.165, 1.54) is 0 Å². The third-order valence-corrected chi connectivity index (χ3v) is 4.90. The minimum atomic E-state index is -0.199. The second-order valence-electron chi connectivity index (χ2n) is 6.11. The minimum absolute atomic E-state index is 0.158. The summed E-state index contributed by atoms with van der Waals surface area (Å²) >= 11 is 3.39. The number of likely N-dealkylation sites (tertiary alicyclic amines) is 1. The molecular weight excluding hydrogens is 396 g/mol. The number of anilines is 1. The maximum atomic E-state index is 12.7. The molecule has 0 aliphatic carbocycles. The number of carbonyl (C=O) groups is 1. The van der Waals surface area contributed by atoms with Crippen molar-refractivity contribution in [2.24, 2.45) is 0 Å². The molecule has 2 amide bonds. The van der Waals surface area contributed by atoms with Crippen molar-refractivity contribution in [3.8, 4) is 11.4 Å². The number of hydrogen-bond acceptors (Lipinski definition) is 4. The molecule has 3 aromatic rings. The van der Waals surface area contributed by atoms with Crippen LogP contribution in [0.5, 0.6) is 0 Å². The molecule has 0 spiro atoms. The topological polar surface area (TPSA) is 71.3 Å². The van der Waals surface area contributed by atoms with Crippen LogP contribution in [0.3, 0.4) is 0 Å². The van der Waals surface area contributed by atoms with Gasteiger partial charge in [-0.2, -0.15) is 4.98 Å². The normalized spacial score (nSPS) is 16.7. The first-order valence-corrected chi connectivity index (χ1v) is 9.22. The third-order valence-electron chi connectivity index (χ3n) is 4.37. The Bertz CT molecular complexity index is 895. The monoisotopic (exact) mass is 412 g/mol. The quantitative estimate of drug-likeness (QED) is 0.665. The predicted octanol–water partition coefficient (Wildman–Crippen LogP) is 4.87. The van der Waals surface area contributed by atoms with Crippen LogP contribution in [0, 0.1) is 0 Å². The second-order valence-corrected chi connectivity index (χ2v) is 7.03. The average molecular weight is 413 g/mol. The second kappa shape index (κ2) is 7.29. The number of rotatable bonds is 3. The van der Waals surface area contributed by atoms with Crippen LogP contribution in [0.2, 0.25) is 0 Å². The van der Waals surface area contributed by atoms with Gasteiger partial charge in [0.15, 0.2) is 0 Å². The molecule has 4 rings (SSSR count). The number of carbonyl (C=O) groups excluding carboxylic acids is 1. The highest BCUT2D eigenvalue weighted by molar-refractivity contribution is 9.10.